The highest BCUT2D eigenvalue weighted by Crippen LogP contribution is 2.07. The number of nitrogens with two attached hydrogens (primary N) is 2. The summed E-state index contributed by atoms with van der Waals surface area (Å²) in [5.74, 6) is -0.861. The normalized spacial score (nSPS) is 14.2. The number of hydrogen-bond acceptors (Lipinski definition) is 3. The first-order chi connectivity index (χ1) is 7.40. The smallest absolute Gasteiger partial charge is 0.237 e. The van der Waals surface area contributed by atoms with Gasteiger partial charge in [0.1, 0.15) is 0 Å². The van der Waals surface area contributed by atoms with Crippen molar-refractivity contribution < 1.29 is 9.59 Å². The number of carbonyl (C=O) groups excluding carboxylic acids is 2. The molecule has 0 aromatic rings. The largest absolute Gasteiger partial charge is 0.368 e. The topological polar surface area (TPSA) is 89.4 Å². The lowest BCUT2D eigenvalue weighted by Crippen LogP contribution is -2.45. The maximum Gasteiger partial charge on any atom is 0.237 e. The van der Waals surface area contributed by atoms with Crippen molar-refractivity contribution in [1.82, 2.24) is 4.90 Å². The Hall–Kier alpha value is -1.10. The Morgan fingerprint density at radius 3 is 2.25 bits per heavy atom. The van der Waals surface area contributed by atoms with Crippen molar-refractivity contribution in [2.24, 2.45) is 17.4 Å². The van der Waals surface area contributed by atoms with Gasteiger partial charge in [-0.3, -0.25) is 9.59 Å². The fourth-order valence-electron chi connectivity index (χ4n) is 1.32. The van der Waals surface area contributed by atoms with Gasteiger partial charge in [0.05, 0.1) is 12.5 Å². The van der Waals surface area contributed by atoms with Crippen molar-refractivity contribution in [2.75, 3.05) is 13.1 Å². The summed E-state index contributed by atoms with van der Waals surface area (Å²) in [6.07, 6.45) is 1.83. The fraction of sp³-hybridized carbons (Fsp3) is 0.818. The lowest BCUT2D eigenvalue weighted by molar-refractivity contribution is -0.138. The molecule has 16 heavy (non-hydrogen) atoms. The Balaban J connectivity index is 4.48. The van der Waals surface area contributed by atoms with E-state index in [9.17, 15) is 9.59 Å². The summed E-state index contributed by atoms with van der Waals surface area (Å²) in [6, 6.07) is -0.218. The molecule has 5 nitrogen and oxygen atoms in total. The second kappa shape index (κ2) is 7.22. The molecule has 2 atom stereocenters. The second-order valence-electron chi connectivity index (χ2n) is 4.23. The zero-order valence-corrected chi connectivity index (χ0v) is 10.4. The van der Waals surface area contributed by atoms with E-state index < -0.39 is 5.91 Å². The van der Waals surface area contributed by atoms with Crippen molar-refractivity contribution in [2.45, 2.75) is 39.7 Å². The summed E-state index contributed by atoms with van der Waals surface area (Å²) in [5, 5.41) is 0. The minimum absolute atomic E-state index is 0.0180. The second-order valence-corrected chi connectivity index (χ2v) is 4.23. The van der Waals surface area contributed by atoms with E-state index in [1.807, 2.05) is 6.92 Å². The highest BCUT2D eigenvalue weighted by molar-refractivity contribution is 5.85. The van der Waals surface area contributed by atoms with Gasteiger partial charge in [-0.15, -0.1) is 0 Å². The van der Waals surface area contributed by atoms with Gasteiger partial charge in [-0.1, -0.05) is 20.3 Å². The third-order valence-electron chi connectivity index (χ3n) is 2.62. The maximum atomic E-state index is 12.0. The summed E-state index contributed by atoms with van der Waals surface area (Å²) in [4.78, 5) is 24.3. The number of rotatable bonds is 7. The van der Waals surface area contributed by atoms with E-state index in [1.165, 1.54) is 4.90 Å². The highest BCUT2D eigenvalue weighted by Gasteiger charge is 2.23. The molecule has 5 heteroatoms. The lowest BCUT2D eigenvalue weighted by atomic mass is 10.0. The Morgan fingerprint density at radius 2 is 1.88 bits per heavy atom. The van der Waals surface area contributed by atoms with Crippen LogP contribution in [0.25, 0.3) is 0 Å². The molecule has 0 aromatic heterocycles. The number of nitrogens with zero attached hydrogens (tertiary/aromatic N) is 1. The molecule has 0 bridgehead atoms. The van der Waals surface area contributed by atoms with Crippen LogP contribution in [0.2, 0.25) is 0 Å². The van der Waals surface area contributed by atoms with Gasteiger partial charge >= 0.3 is 0 Å². The monoisotopic (exact) mass is 229 g/mol. The van der Waals surface area contributed by atoms with Gasteiger partial charge < -0.3 is 16.4 Å². The summed E-state index contributed by atoms with van der Waals surface area (Å²) in [5.41, 5.74) is 10.8. The number of primary amides is 1. The van der Waals surface area contributed by atoms with Crippen LogP contribution >= 0.6 is 0 Å². The molecule has 0 heterocycles. The van der Waals surface area contributed by atoms with Crippen LogP contribution in [0, 0.1) is 5.92 Å². The highest BCUT2D eigenvalue weighted by atomic mass is 16.2. The van der Waals surface area contributed by atoms with Gasteiger partial charge in [-0.05, 0) is 13.3 Å². The molecule has 0 aromatic carbocycles. The average Bonchev–Trinajstić information content (AvgIpc) is 2.21. The fourth-order valence-corrected chi connectivity index (χ4v) is 1.32. The molecule has 0 rings (SSSR count). The van der Waals surface area contributed by atoms with E-state index in [0.717, 1.165) is 12.8 Å². The summed E-state index contributed by atoms with van der Waals surface area (Å²) >= 11 is 0. The van der Waals surface area contributed by atoms with Gasteiger partial charge in [0.15, 0.2) is 0 Å². The predicted octanol–water partition coefficient (Wildman–Crippen LogP) is 0.0837. The third-order valence-corrected chi connectivity index (χ3v) is 2.62. The molecule has 0 spiro atoms. The molecule has 4 N–H and O–H groups in total. The van der Waals surface area contributed by atoms with Gasteiger partial charge in [0, 0.05) is 12.6 Å². The first kappa shape index (κ1) is 14.9. The molecule has 0 aliphatic rings. The summed E-state index contributed by atoms with van der Waals surface area (Å²) in [7, 11) is 0. The molecule has 0 fully saturated rings. The molecule has 94 valence electrons. The standard InChI is InChI=1S/C11H23N3O2/c1-4-5-6-14(7-10(13)15)11(16)8(2)9(3)12/h8-9H,4-7,12H2,1-3H3,(H2,13,15). The SMILES string of the molecule is CCCCN(CC(N)=O)C(=O)C(C)C(C)N. The summed E-state index contributed by atoms with van der Waals surface area (Å²) < 4.78 is 0. The molecular weight excluding hydrogens is 206 g/mol. The van der Waals surface area contributed by atoms with Crippen LogP contribution in [0.3, 0.4) is 0 Å². The molecular formula is C11H23N3O2. The molecule has 2 amide bonds. The van der Waals surface area contributed by atoms with Crippen LogP contribution in [0.15, 0.2) is 0 Å². The Morgan fingerprint density at radius 1 is 1.31 bits per heavy atom. The van der Waals surface area contributed by atoms with E-state index in [-0.39, 0.29) is 24.4 Å². The number of carbonyl (C=O) groups is 2. The molecule has 0 radical (unpaired) electrons. The quantitative estimate of drug-likeness (QED) is 0.648. The van der Waals surface area contributed by atoms with Gasteiger partial charge in [0.25, 0.3) is 0 Å². The summed E-state index contributed by atoms with van der Waals surface area (Å²) in [6.45, 7) is 6.13. The van der Waals surface area contributed by atoms with Crippen molar-refractivity contribution >= 4 is 11.8 Å². The van der Waals surface area contributed by atoms with Crippen molar-refractivity contribution in [3.63, 3.8) is 0 Å². The van der Waals surface area contributed by atoms with E-state index in [2.05, 4.69) is 0 Å². The van der Waals surface area contributed by atoms with Crippen molar-refractivity contribution in [1.29, 1.82) is 0 Å². The molecule has 0 aliphatic heterocycles. The molecule has 0 aliphatic carbocycles. The minimum atomic E-state index is -0.485. The van der Waals surface area contributed by atoms with Crippen molar-refractivity contribution in [3.05, 3.63) is 0 Å². The number of unbranched alkanes of at least 4 members (excludes halogenated alkanes) is 1. The zero-order chi connectivity index (χ0) is 12.7. The Labute approximate surface area is 97.2 Å². The molecule has 0 saturated heterocycles. The van der Waals surface area contributed by atoms with E-state index >= 15 is 0 Å². The van der Waals surface area contributed by atoms with Crippen LogP contribution in [-0.2, 0) is 9.59 Å². The van der Waals surface area contributed by atoms with Gasteiger partial charge in [-0.25, -0.2) is 0 Å². The first-order valence-electron chi connectivity index (χ1n) is 5.72. The van der Waals surface area contributed by atoms with E-state index in [0.29, 0.717) is 6.54 Å². The lowest BCUT2D eigenvalue weighted by Gasteiger charge is -2.26. The molecule has 2 unspecified atom stereocenters. The minimum Gasteiger partial charge on any atom is -0.368 e. The van der Waals surface area contributed by atoms with Crippen molar-refractivity contribution in [3.8, 4) is 0 Å². The first-order valence-corrected chi connectivity index (χ1v) is 5.72. The van der Waals surface area contributed by atoms with E-state index in [1.54, 1.807) is 13.8 Å². The third kappa shape index (κ3) is 5.11. The van der Waals surface area contributed by atoms with Crippen LogP contribution in [0.5, 0.6) is 0 Å². The van der Waals surface area contributed by atoms with Crippen LogP contribution in [0.4, 0.5) is 0 Å². The number of hydrogen-bond donors (Lipinski definition) is 2. The molecule has 0 saturated carbocycles. The maximum absolute atomic E-state index is 12.0. The van der Waals surface area contributed by atoms with Gasteiger partial charge in [-0.2, -0.15) is 0 Å². The number of amides is 2. The Kier molecular flexibility index (Phi) is 6.72. The predicted molar refractivity (Wildman–Crippen MR) is 63.5 cm³/mol. The van der Waals surface area contributed by atoms with E-state index in [4.69, 9.17) is 11.5 Å². The zero-order valence-electron chi connectivity index (χ0n) is 10.4. The average molecular weight is 229 g/mol. The van der Waals surface area contributed by atoms with Crippen LogP contribution in [0.1, 0.15) is 33.6 Å². The Bertz CT molecular complexity index is 241. The van der Waals surface area contributed by atoms with Crippen LogP contribution < -0.4 is 11.5 Å². The van der Waals surface area contributed by atoms with Gasteiger partial charge in [0.2, 0.25) is 11.8 Å². The van der Waals surface area contributed by atoms with Crippen LogP contribution in [-0.4, -0.2) is 35.8 Å².